The Morgan fingerprint density at radius 2 is 1.95 bits per heavy atom. The van der Waals surface area contributed by atoms with Crippen molar-refractivity contribution >= 4 is 29.1 Å². The lowest BCUT2D eigenvalue weighted by Gasteiger charge is -2.35. The third-order valence-electron chi connectivity index (χ3n) is 7.42. The fourth-order valence-corrected chi connectivity index (χ4v) is 6.25. The van der Waals surface area contributed by atoms with Gasteiger partial charge in [-0.25, -0.2) is 9.37 Å². The smallest absolute Gasteiger partial charge is 0.255 e. The van der Waals surface area contributed by atoms with Crippen molar-refractivity contribution < 1.29 is 23.9 Å². The van der Waals surface area contributed by atoms with E-state index in [1.54, 1.807) is 17.4 Å². The summed E-state index contributed by atoms with van der Waals surface area (Å²) in [6.07, 6.45) is -0.731. The Bertz CT molecular complexity index is 1410. The minimum Gasteiger partial charge on any atom is -0.391 e. The number of aliphatic hydroxyl groups excluding tert-OH is 1. The number of nitrogens with one attached hydrogen (secondary N) is 1. The molecule has 39 heavy (non-hydrogen) atoms. The van der Waals surface area contributed by atoms with Crippen LogP contribution >= 0.6 is 11.3 Å². The fraction of sp³-hybridized carbons (Fsp3) is 0.379. The quantitative estimate of drug-likeness (QED) is 0.469. The van der Waals surface area contributed by atoms with E-state index in [1.165, 1.54) is 21.9 Å². The van der Waals surface area contributed by atoms with Crippen molar-refractivity contribution in [2.24, 2.45) is 5.92 Å². The first-order chi connectivity index (χ1) is 18.6. The summed E-state index contributed by atoms with van der Waals surface area (Å²) < 4.78 is 13.8. The number of thiazole rings is 1. The summed E-state index contributed by atoms with van der Waals surface area (Å²) in [5, 5.41) is 13.3. The Hall–Kier alpha value is -3.63. The first-order valence-electron chi connectivity index (χ1n) is 13.0. The van der Waals surface area contributed by atoms with E-state index in [1.807, 2.05) is 50.5 Å². The lowest BCUT2D eigenvalue weighted by atomic mass is 10.0. The monoisotopic (exact) mass is 550 g/mol. The highest BCUT2D eigenvalue weighted by Crippen LogP contribution is 2.31. The molecule has 2 aliphatic heterocycles. The number of amides is 3. The second kappa shape index (κ2) is 10.9. The maximum atomic E-state index is 13.8. The molecular formula is C29H31FN4O4S. The zero-order valence-electron chi connectivity index (χ0n) is 22.1. The standard InChI is InChI=1S/C29H31FN4O4S/c1-16(2)25(34-13-20-8-9-21(30)10-23(20)28(34)37)29(38)33-14-22(35)11-24(33)27(36)31-12-18-4-6-19(7-5-18)26-17(3)32-15-39-26/h4-10,15-16,22,24-25,35H,11-14H2,1-3H3,(H,31,36)/t22-,24+,25?/m1/s1. The molecule has 3 aromatic rings. The molecule has 3 amide bonds. The summed E-state index contributed by atoms with van der Waals surface area (Å²) in [4.78, 5) is 48.4. The van der Waals surface area contributed by atoms with E-state index in [2.05, 4.69) is 10.3 Å². The lowest BCUT2D eigenvalue weighted by Crippen LogP contribution is -2.55. The van der Waals surface area contributed by atoms with Gasteiger partial charge in [-0.1, -0.05) is 44.2 Å². The fourth-order valence-electron chi connectivity index (χ4n) is 5.43. The van der Waals surface area contributed by atoms with Crippen LogP contribution in [0.25, 0.3) is 10.4 Å². The van der Waals surface area contributed by atoms with Crippen LogP contribution in [-0.4, -0.2) is 62.3 Å². The largest absolute Gasteiger partial charge is 0.391 e. The molecule has 0 radical (unpaired) electrons. The molecule has 2 N–H and O–H groups in total. The van der Waals surface area contributed by atoms with Crippen LogP contribution < -0.4 is 5.32 Å². The van der Waals surface area contributed by atoms with Crippen LogP contribution in [0.2, 0.25) is 0 Å². The number of halogens is 1. The Balaban J connectivity index is 1.28. The lowest BCUT2D eigenvalue weighted by molar-refractivity contribution is -0.143. The molecule has 5 rings (SSSR count). The Labute approximate surface area is 230 Å². The molecule has 3 heterocycles. The number of hydrogen-bond acceptors (Lipinski definition) is 6. The van der Waals surface area contributed by atoms with Crippen LogP contribution in [0.3, 0.4) is 0 Å². The SMILES string of the molecule is Cc1ncsc1-c1ccc(CNC(=O)[C@@H]2C[C@@H](O)CN2C(=O)C(C(C)C)N2Cc3ccc(F)cc3C2=O)cc1. The molecular weight excluding hydrogens is 519 g/mol. The van der Waals surface area contributed by atoms with Gasteiger partial charge in [-0.3, -0.25) is 14.4 Å². The number of hydrogen-bond donors (Lipinski definition) is 2. The van der Waals surface area contributed by atoms with Crippen LogP contribution in [0.5, 0.6) is 0 Å². The summed E-state index contributed by atoms with van der Waals surface area (Å²) >= 11 is 1.57. The zero-order valence-corrected chi connectivity index (χ0v) is 22.9. The van der Waals surface area contributed by atoms with Gasteiger partial charge < -0.3 is 20.2 Å². The second-order valence-electron chi connectivity index (χ2n) is 10.5. The molecule has 3 atom stereocenters. The molecule has 2 aromatic carbocycles. The van der Waals surface area contributed by atoms with Crippen LogP contribution in [0, 0.1) is 18.7 Å². The van der Waals surface area contributed by atoms with Gasteiger partial charge in [0.25, 0.3) is 5.91 Å². The summed E-state index contributed by atoms with van der Waals surface area (Å²) in [7, 11) is 0. The molecule has 2 aliphatic rings. The molecule has 1 unspecified atom stereocenters. The molecule has 1 aromatic heterocycles. The van der Waals surface area contributed by atoms with Crippen molar-refractivity contribution in [2.75, 3.05) is 6.54 Å². The van der Waals surface area contributed by atoms with Gasteiger partial charge in [0.1, 0.15) is 17.9 Å². The third kappa shape index (κ3) is 5.31. The van der Waals surface area contributed by atoms with E-state index in [0.717, 1.165) is 21.7 Å². The number of rotatable bonds is 7. The molecule has 1 fully saturated rings. The number of aryl methyl sites for hydroxylation is 1. The van der Waals surface area contributed by atoms with Crippen LogP contribution in [0.15, 0.2) is 48.0 Å². The normalized spacial score (nSPS) is 19.5. The molecule has 0 spiro atoms. The molecule has 204 valence electrons. The number of β-amino-alcohol motifs (C(OH)–C–C–N with tert-alkyl or cyclic N) is 1. The van der Waals surface area contributed by atoms with Crippen molar-refractivity contribution in [3.8, 4) is 10.4 Å². The predicted molar refractivity (Wildman–Crippen MR) is 145 cm³/mol. The number of nitrogens with zero attached hydrogens (tertiary/aromatic N) is 3. The maximum Gasteiger partial charge on any atom is 0.255 e. The van der Waals surface area contributed by atoms with Crippen molar-refractivity contribution in [2.45, 2.75) is 58.5 Å². The molecule has 0 bridgehead atoms. The predicted octanol–water partition coefficient (Wildman–Crippen LogP) is 3.52. The van der Waals surface area contributed by atoms with Gasteiger partial charge in [0.15, 0.2) is 0 Å². The van der Waals surface area contributed by atoms with Crippen molar-refractivity contribution in [3.05, 3.63) is 76.2 Å². The van der Waals surface area contributed by atoms with E-state index in [0.29, 0.717) is 5.56 Å². The molecule has 10 heteroatoms. The Kier molecular flexibility index (Phi) is 7.51. The van der Waals surface area contributed by atoms with Gasteiger partial charge in [-0.2, -0.15) is 0 Å². The van der Waals surface area contributed by atoms with E-state index in [9.17, 15) is 23.9 Å². The van der Waals surface area contributed by atoms with E-state index >= 15 is 0 Å². The van der Waals surface area contributed by atoms with E-state index in [-0.39, 0.29) is 43.4 Å². The minimum atomic E-state index is -0.856. The Morgan fingerprint density at radius 1 is 1.21 bits per heavy atom. The summed E-state index contributed by atoms with van der Waals surface area (Å²) in [6, 6.07) is 10.2. The number of aliphatic hydroxyl groups is 1. The number of benzene rings is 2. The van der Waals surface area contributed by atoms with E-state index < -0.39 is 35.8 Å². The number of fused-ring (bicyclic) bond motifs is 1. The van der Waals surface area contributed by atoms with Gasteiger partial charge in [0.2, 0.25) is 11.8 Å². The maximum absolute atomic E-state index is 13.8. The third-order valence-corrected chi connectivity index (χ3v) is 8.39. The summed E-state index contributed by atoms with van der Waals surface area (Å²) in [5.74, 6) is -1.93. The highest BCUT2D eigenvalue weighted by Gasteiger charge is 2.45. The van der Waals surface area contributed by atoms with Gasteiger partial charge >= 0.3 is 0 Å². The first kappa shape index (κ1) is 27.0. The average Bonchev–Trinajstić information content (AvgIpc) is 3.60. The van der Waals surface area contributed by atoms with Crippen LogP contribution in [-0.2, 0) is 22.7 Å². The zero-order chi connectivity index (χ0) is 27.8. The summed E-state index contributed by atoms with van der Waals surface area (Å²) in [6.45, 7) is 6.09. The van der Waals surface area contributed by atoms with Crippen LogP contribution in [0.1, 0.15) is 47.4 Å². The van der Waals surface area contributed by atoms with Gasteiger partial charge in [-0.05, 0) is 41.7 Å². The number of likely N-dealkylation sites (tertiary alicyclic amines) is 1. The highest BCUT2D eigenvalue weighted by molar-refractivity contribution is 7.13. The number of carbonyl (C=O) groups is 3. The number of aromatic nitrogens is 1. The Morgan fingerprint density at radius 3 is 2.62 bits per heavy atom. The van der Waals surface area contributed by atoms with Crippen molar-refractivity contribution in [3.63, 3.8) is 0 Å². The van der Waals surface area contributed by atoms with Gasteiger partial charge in [0.05, 0.1) is 22.2 Å². The summed E-state index contributed by atoms with van der Waals surface area (Å²) in [5.41, 5.74) is 5.65. The molecule has 8 nitrogen and oxygen atoms in total. The second-order valence-corrected chi connectivity index (χ2v) is 11.4. The van der Waals surface area contributed by atoms with Crippen molar-refractivity contribution in [1.29, 1.82) is 0 Å². The highest BCUT2D eigenvalue weighted by atomic mass is 32.1. The van der Waals surface area contributed by atoms with E-state index in [4.69, 9.17) is 0 Å². The van der Waals surface area contributed by atoms with Gasteiger partial charge in [-0.15, -0.1) is 11.3 Å². The minimum absolute atomic E-state index is 0.00659. The molecule has 0 aliphatic carbocycles. The first-order valence-corrected chi connectivity index (χ1v) is 13.9. The molecule has 1 saturated heterocycles. The topological polar surface area (TPSA) is 103 Å². The van der Waals surface area contributed by atoms with Crippen LogP contribution in [0.4, 0.5) is 4.39 Å². The number of carbonyl (C=O) groups excluding carboxylic acids is 3. The van der Waals surface area contributed by atoms with Crippen molar-refractivity contribution in [1.82, 2.24) is 20.1 Å². The molecule has 0 saturated carbocycles. The average molecular weight is 551 g/mol. The van der Waals surface area contributed by atoms with Gasteiger partial charge in [0, 0.05) is 31.6 Å².